The highest BCUT2D eigenvalue weighted by molar-refractivity contribution is 5.73. The summed E-state index contributed by atoms with van der Waals surface area (Å²) in [6, 6.07) is 0. The highest BCUT2D eigenvalue weighted by atomic mass is 16.6. The molecule has 0 aromatic heterocycles. The number of aliphatic hydroxyl groups is 2. The molecule has 0 saturated carbocycles. The number of carbonyl (C=O) groups is 5. The monoisotopic (exact) mass is 1160 g/mol. The van der Waals surface area contributed by atoms with E-state index in [9.17, 15) is 24.0 Å². The van der Waals surface area contributed by atoms with E-state index >= 15 is 0 Å². The molecule has 0 spiro atoms. The van der Waals surface area contributed by atoms with Gasteiger partial charge in [-0.05, 0) is 105 Å². The van der Waals surface area contributed by atoms with Gasteiger partial charge in [-0.1, -0.05) is 139 Å². The summed E-state index contributed by atoms with van der Waals surface area (Å²) in [5, 5.41) is 75.3. The lowest BCUT2D eigenvalue weighted by Crippen LogP contribution is -2.25. The lowest BCUT2D eigenvalue weighted by molar-refractivity contribution is -0.445. The van der Waals surface area contributed by atoms with Crippen molar-refractivity contribution < 1.29 is 74.9 Å². The minimum atomic E-state index is -0.693. The topological polar surface area (TPSA) is 403 Å². The predicted molar refractivity (Wildman–Crippen MR) is 328 cm³/mol. The molecule has 10 N–H and O–H groups in total. The molecule has 25 nitrogen and oxygen atoms in total. The normalized spacial score (nSPS) is 8.10. The average molecular weight is 1160 g/mol. The fourth-order valence-electron chi connectivity index (χ4n) is 3.87. The summed E-state index contributed by atoms with van der Waals surface area (Å²) >= 11 is 0. The number of unbranched alkanes of at least 4 members (excludes halogenated alkanes) is 5. The number of carbonyl (C=O) groups excluding carboxylic acids is 1. The lowest BCUT2D eigenvalue weighted by Gasteiger charge is -2.12. The Bertz CT molecular complexity index is 938. The number of aliphatic carboxylic acids is 4. The Morgan fingerprint density at radius 1 is 0.372 bits per heavy atom. The van der Waals surface area contributed by atoms with Crippen molar-refractivity contribution in [2.24, 2.45) is 5.73 Å². The molecule has 0 unspecified atom stereocenters. The smallest absolute Gasteiger partial charge is 0.303 e. The number of primary amides is 1. The number of carboxylic acids is 4. The fraction of sp³-hybridized carbons (Fsp3) is 0.906. The molecule has 0 heterocycles. The van der Waals surface area contributed by atoms with Crippen LogP contribution in [-0.4, -0.2) is 190 Å². The quantitative estimate of drug-likeness (QED) is 0.0297. The van der Waals surface area contributed by atoms with Gasteiger partial charge in [0.25, 0.3) is 0 Å². The summed E-state index contributed by atoms with van der Waals surface area (Å²) in [5.74, 6) is -2.96. The highest BCUT2D eigenvalue weighted by Crippen LogP contribution is 1.94. The molecule has 78 heavy (non-hydrogen) atoms. The Hall–Kier alpha value is -4.69. The van der Waals surface area contributed by atoms with Gasteiger partial charge in [-0.3, -0.25) is 54.3 Å². The maximum atomic E-state index is 9.98. The van der Waals surface area contributed by atoms with E-state index in [2.05, 4.69) is 51.6 Å². The van der Waals surface area contributed by atoms with Crippen LogP contribution in [0, 0.1) is 30.3 Å². The van der Waals surface area contributed by atoms with E-state index in [1.54, 1.807) is 0 Å². The summed E-state index contributed by atoms with van der Waals surface area (Å²) in [7, 11) is 8.87. The Balaban J connectivity index is -0.0000000317. The van der Waals surface area contributed by atoms with Crippen LogP contribution in [0.4, 0.5) is 0 Å². The highest BCUT2D eigenvalue weighted by Gasteiger charge is 1.95. The largest absolute Gasteiger partial charge is 0.481 e. The van der Waals surface area contributed by atoms with Crippen molar-refractivity contribution in [2.45, 2.75) is 229 Å². The zero-order valence-corrected chi connectivity index (χ0v) is 47.5. The van der Waals surface area contributed by atoms with Crippen molar-refractivity contribution in [1.29, 1.82) is 0 Å². The average Bonchev–Trinajstić information content (AvgIpc) is 3.24. The molecule has 0 aliphatic carbocycles. The third-order valence-corrected chi connectivity index (χ3v) is 7.14. The van der Waals surface area contributed by atoms with Crippen LogP contribution in [0.25, 0.3) is 0 Å². The van der Waals surface area contributed by atoms with E-state index in [1.165, 1.54) is 51.9 Å². The molecule has 0 atom stereocenters. The predicted octanol–water partition coefficient (Wildman–Crippen LogP) is 10.8. The lowest BCUT2D eigenvalue weighted by atomic mass is 10.2. The third kappa shape index (κ3) is 318. The van der Waals surface area contributed by atoms with Crippen LogP contribution in [0.5, 0.6) is 0 Å². The number of hydrogen-bond donors (Lipinski definition) is 7. The van der Waals surface area contributed by atoms with Gasteiger partial charge in [0.05, 0.1) is 13.2 Å². The van der Waals surface area contributed by atoms with Gasteiger partial charge in [0, 0.05) is 60.0 Å². The first-order valence-electron chi connectivity index (χ1n) is 24.6. The van der Waals surface area contributed by atoms with Crippen molar-refractivity contribution >= 4 is 29.8 Å². The van der Waals surface area contributed by atoms with Crippen molar-refractivity contribution in [1.82, 2.24) is 14.7 Å². The van der Waals surface area contributed by atoms with Gasteiger partial charge < -0.3 is 56.5 Å². The van der Waals surface area contributed by atoms with Crippen LogP contribution < -0.4 is 5.73 Å². The first-order chi connectivity index (χ1) is 33.0. The van der Waals surface area contributed by atoms with Gasteiger partial charge in [0.15, 0.2) is 21.1 Å². The van der Waals surface area contributed by atoms with Crippen LogP contribution >= 0.6 is 0 Å². The van der Waals surface area contributed by atoms with E-state index < -0.39 is 38.6 Å². The number of nitrogens with zero attached hydrogens (tertiary/aromatic N) is 6. The van der Waals surface area contributed by atoms with E-state index in [-0.39, 0.29) is 69.2 Å². The maximum absolute atomic E-state index is 9.98. The Labute approximate surface area is 477 Å². The SMILES string of the molecule is C.C.C.C.C.C.CCCCC(=O)O.CCCCC(=O)O.CCCCC(=O)O.CCCCC(=O)O.CCCCC(N)=O.CCCN(C)CCC.CCCN(C)CCC.CN(CCO)CCO.C[N+](=O)[O-].C[N+](=O)[O-].C[N+](=O)[O-].O. The number of hydrogen-bond acceptors (Lipinski definition) is 16. The third-order valence-electron chi connectivity index (χ3n) is 7.14. The first-order valence-corrected chi connectivity index (χ1v) is 24.6. The first kappa shape index (κ1) is 125. The van der Waals surface area contributed by atoms with Crippen LogP contribution in [0.15, 0.2) is 0 Å². The Kier molecular flexibility index (Phi) is 193. The minimum absolute atomic E-state index is 0. The summed E-state index contributed by atoms with van der Waals surface area (Å²) in [5.41, 5.74) is 4.84. The molecule has 0 bridgehead atoms. The van der Waals surface area contributed by atoms with Crippen molar-refractivity contribution in [3.8, 4) is 0 Å². The second kappa shape index (κ2) is 120. The van der Waals surface area contributed by atoms with E-state index in [0.29, 0.717) is 45.2 Å². The zero-order valence-electron chi connectivity index (χ0n) is 47.5. The molecule has 0 rings (SSSR count). The fourth-order valence-corrected chi connectivity index (χ4v) is 3.87. The molecule has 488 valence electrons. The van der Waals surface area contributed by atoms with Gasteiger partial charge in [0.2, 0.25) is 5.91 Å². The van der Waals surface area contributed by atoms with Crippen LogP contribution in [0.1, 0.15) is 229 Å². The van der Waals surface area contributed by atoms with Crippen LogP contribution in [-0.2, 0) is 24.0 Å². The summed E-state index contributed by atoms with van der Waals surface area (Å²) in [6.45, 7) is 25.4. The van der Waals surface area contributed by atoms with Gasteiger partial charge >= 0.3 is 23.9 Å². The number of nitro groups is 3. The summed E-state index contributed by atoms with van der Waals surface area (Å²) in [4.78, 5) is 80.5. The number of rotatable bonds is 27. The molecule has 0 aliphatic rings. The standard InChI is InChI=1S/2C7H17N.C5H13NO2.C5H11NO.4C5H10O2.3CH3NO2.6CH4.H2O/c2*1-4-6-8(3)7-5-2;1-6(2-4-7)3-5-8;5*1-2-3-4-5(6)7;3*1-2(3)4;;;;;;;/h2*4-7H2,1-3H3;7-8H,2-5H2,1H3;2-4H2,1H3,(H2,6,7);4*2-4H2,1H3,(H,6,7);3*1H3;6*1H4;1H2. The second-order valence-electron chi connectivity index (χ2n) is 15.2. The van der Waals surface area contributed by atoms with Gasteiger partial charge in [-0.15, -0.1) is 0 Å². The van der Waals surface area contributed by atoms with Crippen molar-refractivity contribution in [2.75, 3.05) is 94.8 Å². The number of aliphatic hydroxyl groups excluding tert-OH is 2. The molecule has 0 fully saturated rings. The van der Waals surface area contributed by atoms with E-state index in [0.717, 1.165) is 85.4 Å². The Morgan fingerprint density at radius 3 is 0.590 bits per heavy atom. The van der Waals surface area contributed by atoms with Gasteiger partial charge in [-0.25, -0.2) is 0 Å². The number of carboxylic acid groups (broad SMARTS) is 4. The van der Waals surface area contributed by atoms with Crippen LogP contribution in [0.3, 0.4) is 0 Å². The molecule has 0 aromatic rings. The molecular formula is C53H133N7O18. The van der Waals surface area contributed by atoms with E-state index in [4.69, 9.17) is 66.7 Å². The molecule has 0 aromatic carbocycles. The van der Waals surface area contributed by atoms with Crippen LogP contribution in [0.2, 0.25) is 0 Å². The minimum Gasteiger partial charge on any atom is -0.481 e. The molecule has 1 amide bonds. The summed E-state index contributed by atoms with van der Waals surface area (Å²) in [6.07, 6.45) is 15.9. The van der Waals surface area contributed by atoms with Gasteiger partial charge in [0.1, 0.15) is 0 Å². The number of amides is 1. The maximum Gasteiger partial charge on any atom is 0.303 e. The molecule has 0 aliphatic heterocycles. The van der Waals surface area contributed by atoms with E-state index in [1.807, 2.05) is 46.6 Å². The zero-order chi connectivity index (χ0) is 58.4. The molecule has 0 radical (unpaired) electrons. The molecular weight excluding hydrogens is 1020 g/mol. The molecule has 25 heteroatoms. The van der Waals surface area contributed by atoms with Crippen molar-refractivity contribution in [3.05, 3.63) is 30.3 Å². The van der Waals surface area contributed by atoms with Gasteiger partial charge in [-0.2, -0.15) is 0 Å². The Morgan fingerprint density at radius 2 is 0.513 bits per heavy atom. The number of nitrogens with two attached hydrogens (primary N) is 1. The van der Waals surface area contributed by atoms with Crippen molar-refractivity contribution in [3.63, 3.8) is 0 Å². The second-order valence-corrected chi connectivity index (χ2v) is 15.2. The molecule has 0 saturated heterocycles. The summed E-state index contributed by atoms with van der Waals surface area (Å²) < 4.78 is 0. The number of likely N-dealkylation sites (N-methyl/N-ethyl adjacent to an activating group) is 1.